The molecule has 3 saturated heterocycles. The number of rotatable bonds is 3. The number of likely N-dealkylation sites (tertiary alicyclic amines) is 2. The number of hydrogen-bond acceptors (Lipinski definition) is 4. The summed E-state index contributed by atoms with van der Waals surface area (Å²) < 4.78 is 33.8. The van der Waals surface area contributed by atoms with E-state index >= 15 is 0 Å². The molecule has 0 radical (unpaired) electrons. The van der Waals surface area contributed by atoms with Crippen LogP contribution in [0, 0.1) is 11.8 Å². The predicted molar refractivity (Wildman–Crippen MR) is 106 cm³/mol. The van der Waals surface area contributed by atoms with Crippen LogP contribution in [0.2, 0.25) is 0 Å². The maximum Gasteiger partial charge on any atom is 0.410 e. The van der Waals surface area contributed by atoms with Gasteiger partial charge in [-0.2, -0.15) is 0 Å². The highest BCUT2D eigenvalue weighted by Gasteiger charge is 2.45. The molecule has 162 valence electrons. The summed E-state index contributed by atoms with van der Waals surface area (Å²) >= 11 is 0. The van der Waals surface area contributed by atoms with Gasteiger partial charge in [-0.1, -0.05) is 0 Å². The van der Waals surface area contributed by atoms with Crippen LogP contribution in [0.4, 0.5) is 13.6 Å². The standard InChI is InChI=1S/C21H37F2N3O2/c1-20(2,3)28-19(27)26-12-7-17(8-13-26)14-16-5-10-25(11-6-16)18-4-9-24-15-21(18,22)23/h16-18,24H,4-15H2,1-3H3/t18-/m0/s1. The van der Waals surface area contributed by atoms with Gasteiger partial charge in [0.25, 0.3) is 5.92 Å². The average Bonchev–Trinajstić information content (AvgIpc) is 2.61. The van der Waals surface area contributed by atoms with E-state index < -0.39 is 17.6 Å². The first-order valence-electron chi connectivity index (χ1n) is 10.9. The van der Waals surface area contributed by atoms with Gasteiger partial charge in [0.1, 0.15) is 5.60 Å². The van der Waals surface area contributed by atoms with Gasteiger partial charge in [0.2, 0.25) is 0 Å². The van der Waals surface area contributed by atoms with Gasteiger partial charge in [-0.3, -0.25) is 4.90 Å². The summed E-state index contributed by atoms with van der Waals surface area (Å²) in [5, 5.41) is 2.82. The lowest BCUT2D eigenvalue weighted by Gasteiger charge is -2.43. The van der Waals surface area contributed by atoms with Gasteiger partial charge in [-0.15, -0.1) is 0 Å². The van der Waals surface area contributed by atoms with Crippen molar-refractivity contribution in [2.24, 2.45) is 11.8 Å². The van der Waals surface area contributed by atoms with Crippen LogP contribution in [0.25, 0.3) is 0 Å². The van der Waals surface area contributed by atoms with Crippen molar-refractivity contribution >= 4 is 6.09 Å². The minimum Gasteiger partial charge on any atom is -0.444 e. The molecule has 3 heterocycles. The van der Waals surface area contributed by atoms with Crippen LogP contribution >= 0.6 is 0 Å². The van der Waals surface area contributed by atoms with E-state index in [0.29, 0.717) is 24.8 Å². The molecule has 0 aromatic heterocycles. The van der Waals surface area contributed by atoms with Crippen molar-refractivity contribution in [2.75, 3.05) is 39.3 Å². The highest BCUT2D eigenvalue weighted by atomic mass is 19.3. The van der Waals surface area contributed by atoms with E-state index in [1.54, 1.807) is 0 Å². The lowest BCUT2D eigenvalue weighted by Crippen LogP contribution is -2.58. The average molecular weight is 402 g/mol. The van der Waals surface area contributed by atoms with Crippen molar-refractivity contribution < 1.29 is 18.3 Å². The van der Waals surface area contributed by atoms with Crippen LogP contribution in [0.1, 0.15) is 59.3 Å². The zero-order valence-corrected chi connectivity index (χ0v) is 17.7. The Labute approximate surface area is 168 Å². The van der Waals surface area contributed by atoms with Crippen LogP contribution in [-0.2, 0) is 4.74 Å². The normalized spacial score (nSPS) is 28.3. The molecule has 3 aliphatic heterocycles. The Morgan fingerprint density at radius 3 is 2.14 bits per heavy atom. The summed E-state index contributed by atoms with van der Waals surface area (Å²) in [6.45, 7) is 9.30. The third kappa shape index (κ3) is 5.78. The summed E-state index contributed by atoms with van der Waals surface area (Å²) in [5.41, 5.74) is -0.451. The molecule has 0 bridgehead atoms. The number of piperidine rings is 3. The van der Waals surface area contributed by atoms with Crippen molar-refractivity contribution in [3.05, 3.63) is 0 Å². The molecular weight excluding hydrogens is 364 g/mol. The minimum absolute atomic E-state index is 0.187. The number of ether oxygens (including phenoxy) is 1. The zero-order chi connectivity index (χ0) is 20.4. The summed E-state index contributed by atoms with van der Waals surface area (Å²) in [5.74, 6) is -1.35. The second-order valence-electron chi connectivity index (χ2n) is 9.87. The van der Waals surface area contributed by atoms with E-state index in [1.165, 1.54) is 6.42 Å². The van der Waals surface area contributed by atoms with E-state index in [2.05, 4.69) is 5.32 Å². The van der Waals surface area contributed by atoms with Crippen molar-refractivity contribution in [3.8, 4) is 0 Å². The number of nitrogens with one attached hydrogen (secondary N) is 1. The fourth-order valence-electron chi connectivity index (χ4n) is 4.92. The van der Waals surface area contributed by atoms with Gasteiger partial charge in [0, 0.05) is 13.1 Å². The first kappa shape index (κ1) is 21.8. The first-order chi connectivity index (χ1) is 13.1. The van der Waals surface area contributed by atoms with Gasteiger partial charge in [0.05, 0.1) is 12.6 Å². The van der Waals surface area contributed by atoms with Crippen LogP contribution in [-0.4, -0.2) is 72.7 Å². The monoisotopic (exact) mass is 401 g/mol. The third-order valence-corrected chi connectivity index (χ3v) is 6.47. The molecule has 0 aromatic carbocycles. The summed E-state index contributed by atoms with van der Waals surface area (Å²) in [4.78, 5) is 16.0. The molecule has 0 unspecified atom stereocenters. The Bertz CT molecular complexity index is 522. The maximum atomic E-state index is 14.2. The molecular formula is C21H37F2N3O2. The molecule has 1 atom stereocenters. The van der Waals surface area contributed by atoms with Gasteiger partial charge >= 0.3 is 6.09 Å². The van der Waals surface area contributed by atoms with Crippen LogP contribution in [0.5, 0.6) is 0 Å². The number of halogens is 2. The fourth-order valence-corrected chi connectivity index (χ4v) is 4.92. The van der Waals surface area contributed by atoms with Crippen molar-refractivity contribution in [1.29, 1.82) is 0 Å². The molecule has 28 heavy (non-hydrogen) atoms. The Morgan fingerprint density at radius 1 is 1.04 bits per heavy atom. The minimum atomic E-state index is -2.61. The highest BCUT2D eigenvalue weighted by Crippen LogP contribution is 2.34. The summed E-state index contributed by atoms with van der Waals surface area (Å²) in [6.07, 6.45) is 5.58. The Morgan fingerprint density at radius 2 is 1.61 bits per heavy atom. The molecule has 1 amide bonds. The number of carbonyl (C=O) groups is 1. The van der Waals surface area contributed by atoms with Gasteiger partial charge in [0.15, 0.2) is 0 Å². The van der Waals surface area contributed by atoms with E-state index in [4.69, 9.17) is 4.74 Å². The van der Waals surface area contributed by atoms with Gasteiger partial charge < -0.3 is 15.0 Å². The van der Waals surface area contributed by atoms with Crippen LogP contribution < -0.4 is 5.32 Å². The number of carbonyl (C=O) groups excluding carboxylic acids is 1. The molecule has 5 nitrogen and oxygen atoms in total. The second kappa shape index (κ2) is 8.82. The molecule has 3 rings (SSSR count). The Balaban J connectivity index is 1.38. The molecule has 3 fully saturated rings. The van der Waals surface area contributed by atoms with E-state index in [0.717, 1.165) is 51.9 Å². The molecule has 3 aliphatic rings. The number of alkyl halides is 2. The van der Waals surface area contributed by atoms with E-state index in [1.807, 2.05) is 30.6 Å². The van der Waals surface area contributed by atoms with Crippen LogP contribution in [0.15, 0.2) is 0 Å². The first-order valence-corrected chi connectivity index (χ1v) is 10.9. The smallest absolute Gasteiger partial charge is 0.410 e. The Kier molecular flexibility index (Phi) is 6.85. The SMILES string of the molecule is CC(C)(C)OC(=O)N1CCC(CC2CCN([C@H]3CCNCC3(F)F)CC2)CC1. The fraction of sp³-hybridized carbons (Fsp3) is 0.952. The molecule has 0 aliphatic carbocycles. The highest BCUT2D eigenvalue weighted by molar-refractivity contribution is 5.68. The van der Waals surface area contributed by atoms with Crippen molar-refractivity contribution in [3.63, 3.8) is 0 Å². The molecule has 0 aromatic rings. The Hall–Kier alpha value is -0.950. The molecule has 0 spiro atoms. The molecule has 1 N–H and O–H groups in total. The molecule has 7 heteroatoms. The largest absolute Gasteiger partial charge is 0.444 e. The number of hydrogen-bond donors (Lipinski definition) is 1. The third-order valence-electron chi connectivity index (χ3n) is 6.47. The maximum absolute atomic E-state index is 14.2. The predicted octanol–water partition coefficient (Wildman–Crippen LogP) is 3.73. The van der Waals surface area contributed by atoms with E-state index in [9.17, 15) is 13.6 Å². The second-order valence-corrected chi connectivity index (χ2v) is 9.87. The lowest BCUT2D eigenvalue weighted by molar-refractivity contribution is -0.102. The quantitative estimate of drug-likeness (QED) is 0.783. The summed E-state index contributed by atoms with van der Waals surface area (Å²) in [6, 6.07) is -0.591. The van der Waals surface area contributed by atoms with Crippen molar-refractivity contribution in [2.45, 2.75) is 76.9 Å². The molecule has 0 saturated carbocycles. The topological polar surface area (TPSA) is 44.8 Å². The van der Waals surface area contributed by atoms with E-state index in [-0.39, 0.29) is 12.6 Å². The number of nitrogens with zero attached hydrogens (tertiary/aromatic N) is 2. The lowest BCUT2D eigenvalue weighted by atomic mass is 9.82. The number of amides is 1. The van der Waals surface area contributed by atoms with Crippen molar-refractivity contribution in [1.82, 2.24) is 15.1 Å². The zero-order valence-electron chi connectivity index (χ0n) is 17.7. The summed E-state index contributed by atoms with van der Waals surface area (Å²) in [7, 11) is 0. The van der Waals surface area contributed by atoms with Crippen LogP contribution in [0.3, 0.4) is 0 Å². The van der Waals surface area contributed by atoms with Gasteiger partial charge in [-0.25, -0.2) is 13.6 Å². The van der Waals surface area contributed by atoms with Gasteiger partial charge in [-0.05, 0) is 90.8 Å².